The van der Waals surface area contributed by atoms with Crippen molar-refractivity contribution in [3.05, 3.63) is 59.2 Å². The fraction of sp³-hybridized carbons (Fsp3) is 0.263. The maximum atomic E-state index is 11.6. The molecule has 0 unspecified atom stereocenters. The van der Waals surface area contributed by atoms with Crippen LogP contribution in [0.15, 0.2) is 42.5 Å². The first-order valence-corrected chi connectivity index (χ1v) is 7.56. The van der Waals surface area contributed by atoms with Crippen molar-refractivity contribution in [2.45, 2.75) is 19.8 Å². The molecule has 0 saturated carbocycles. The summed E-state index contributed by atoms with van der Waals surface area (Å²) >= 11 is 0. The SMILES string of the molecule is COc1ccc(CCCNc2cc(C#N)ccc2C(C)=O)cc1. The highest BCUT2D eigenvalue weighted by Gasteiger charge is 2.07. The van der Waals surface area contributed by atoms with Gasteiger partial charge in [0, 0.05) is 17.8 Å². The minimum absolute atomic E-state index is 0.00727. The van der Waals surface area contributed by atoms with Gasteiger partial charge in [-0.25, -0.2) is 0 Å². The molecule has 0 heterocycles. The van der Waals surface area contributed by atoms with Gasteiger partial charge in [0.25, 0.3) is 0 Å². The number of ether oxygens (including phenoxy) is 1. The molecular weight excluding hydrogens is 288 g/mol. The van der Waals surface area contributed by atoms with Crippen LogP contribution in [0.5, 0.6) is 5.75 Å². The van der Waals surface area contributed by atoms with Gasteiger partial charge in [-0.15, -0.1) is 0 Å². The van der Waals surface area contributed by atoms with E-state index in [4.69, 9.17) is 10.00 Å². The molecule has 0 bridgehead atoms. The van der Waals surface area contributed by atoms with Gasteiger partial charge in [-0.3, -0.25) is 4.79 Å². The van der Waals surface area contributed by atoms with E-state index in [2.05, 4.69) is 23.5 Å². The summed E-state index contributed by atoms with van der Waals surface area (Å²) < 4.78 is 5.14. The summed E-state index contributed by atoms with van der Waals surface area (Å²) in [6, 6.07) is 15.2. The molecule has 118 valence electrons. The Kier molecular flexibility index (Phi) is 5.76. The fourth-order valence-electron chi connectivity index (χ4n) is 2.37. The molecule has 2 rings (SSSR count). The quantitative estimate of drug-likeness (QED) is 0.624. The number of nitrogens with zero attached hydrogens (tertiary/aromatic N) is 1. The van der Waals surface area contributed by atoms with Crippen molar-refractivity contribution >= 4 is 11.5 Å². The second-order valence-electron chi connectivity index (χ2n) is 5.31. The lowest BCUT2D eigenvalue weighted by Crippen LogP contribution is -2.07. The van der Waals surface area contributed by atoms with Crippen molar-refractivity contribution in [3.8, 4) is 11.8 Å². The molecule has 1 N–H and O–H groups in total. The first-order chi connectivity index (χ1) is 11.1. The molecule has 0 aliphatic carbocycles. The van der Waals surface area contributed by atoms with Crippen molar-refractivity contribution in [2.24, 2.45) is 0 Å². The second-order valence-corrected chi connectivity index (χ2v) is 5.31. The Labute approximate surface area is 136 Å². The molecule has 0 aliphatic heterocycles. The van der Waals surface area contributed by atoms with Gasteiger partial charge >= 0.3 is 0 Å². The lowest BCUT2D eigenvalue weighted by molar-refractivity contribution is 0.101. The van der Waals surface area contributed by atoms with Crippen LogP contribution in [0.25, 0.3) is 0 Å². The average molecular weight is 308 g/mol. The monoisotopic (exact) mass is 308 g/mol. The Bertz CT molecular complexity index is 715. The number of anilines is 1. The zero-order valence-corrected chi connectivity index (χ0v) is 13.4. The van der Waals surface area contributed by atoms with Crippen LogP contribution in [-0.2, 0) is 6.42 Å². The van der Waals surface area contributed by atoms with Crippen LogP contribution in [0.1, 0.15) is 34.8 Å². The number of ketones is 1. The third kappa shape index (κ3) is 4.58. The molecule has 23 heavy (non-hydrogen) atoms. The summed E-state index contributed by atoms with van der Waals surface area (Å²) in [5.74, 6) is 0.846. The van der Waals surface area contributed by atoms with Crippen molar-refractivity contribution in [1.29, 1.82) is 5.26 Å². The molecule has 0 radical (unpaired) electrons. The second kappa shape index (κ2) is 8.00. The van der Waals surface area contributed by atoms with E-state index < -0.39 is 0 Å². The smallest absolute Gasteiger partial charge is 0.161 e. The van der Waals surface area contributed by atoms with E-state index in [1.54, 1.807) is 25.3 Å². The van der Waals surface area contributed by atoms with Crippen molar-refractivity contribution in [1.82, 2.24) is 0 Å². The summed E-state index contributed by atoms with van der Waals surface area (Å²) in [4.78, 5) is 11.6. The highest BCUT2D eigenvalue weighted by Crippen LogP contribution is 2.19. The van der Waals surface area contributed by atoms with E-state index in [0.29, 0.717) is 11.1 Å². The minimum Gasteiger partial charge on any atom is -0.497 e. The Hall–Kier alpha value is -2.80. The number of nitriles is 1. The van der Waals surface area contributed by atoms with Gasteiger partial charge in [0.2, 0.25) is 0 Å². The summed E-state index contributed by atoms with van der Waals surface area (Å²) in [7, 11) is 1.65. The zero-order valence-electron chi connectivity index (χ0n) is 13.4. The number of aryl methyl sites for hydroxylation is 1. The van der Waals surface area contributed by atoms with Crippen LogP contribution in [0, 0.1) is 11.3 Å². The Morgan fingerprint density at radius 2 is 1.96 bits per heavy atom. The molecule has 4 nitrogen and oxygen atoms in total. The molecule has 0 spiro atoms. The molecular formula is C19H20N2O2. The van der Waals surface area contributed by atoms with Crippen LogP contribution in [0.2, 0.25) is 0 Å². The number of rotatable bonds is 7. The Balaban J connectivity index is 1.92. The molecule has 0 aromatic heterocycles. The highest BCUT2D eigenvalue weighted by molar-refractivity contribution is 5.99. The van der Waals surface area contributed by atoms with E-state index in [1.165, 1.54) is 12.5 Å². The van der Waals surface area contributed by atoms with Crippen molar-refractivity contribution in [2.75, 3.05) is 19.0 Å². The van der Waals surface area contributed by atoms with E-state index in [-0.39, 0.29) is 5.78 Å². The van der Waals surface area contributed by atoms with Gasteiger partial charge in [0.05, 0.1) is 18.7 Å². The summed E-state index contributed by atoms with van der Waals surface area (Å²) in [5.41, 5.74) is 3.14. The van der Waals surface area contributed by atoms with Crippen molar-refractivity contribution in [3.63, 3.8) is 0 Å². The first-order valence-electron chi connectivity index (χ1n) is 7.56. The molecule has 0 aliphatic rings. The molecule has 0 atom stereocenters. The number of carbonyl (C=O) groups is 1. The van der Waals surface area contributed by atoms with Gasteiger partial charge in [-0.2, -0.15) is 5.26 Å². The molecule has 0 saturated heterocycles. The zero-order chi connectivity index (χ0) is 16.7. The van der Waals surface area contributed by atoms with E-state index in [0.717, 1.165) is 30.8 Å². The fourth-order valence-corrected chi connectivity index (χ4v) is 2.37. The third-order valence-corrected chi connectivity index (χ3v) is 3.64. The lowest BCUT2D eigenvalue weighted by Gasteiger charge is -2.11. The molecule has 0 amide bonds. The Morgan fingerprint density at radius 3 is 2.57 bits per heavy atom. The predicted octanol–water partition coefficient (Wildman–Crippen LogP) is 3.81. The number of nitrogens with one attached hydrogen (secondary N) is 1. The molecule has 2 aromatic carbocycles. The normalized spacial score (nSPS) is 9.96. The number of carbonyl (C=O) groups excluding carboxylic acids is 1. The van der Waals surface area contributed by atoms with Crippen LogP contribution in [0.3, 0.4) is 0 Å². The average Bonchev–Trinajstić information content (AvgIpc) is 2.58. The van der Waals surface area contributed by atoms with Crippen LogP contribution in [-0.4, -0.2) is 19.4 Å². The maximum absolute atomic E-state index is 11.6. The standard InChI is InChI=1S/C19H20N2O2/c1-14(22)18-10-7-16(13-20)12-19(18)21-11-3-4-15-5-8-17(23-2)9-6-15/h5-10,12,21H,3-4,11H2,1-2H3. The van der Waals surface area contributed by atoms with Gasteiger partial charge in [0.15, 0.2) is 5.78 Å². The van der Waals surface area contributed by atoms with Crippen molar-refractivity contribution < 1.29 is 9.53 Å². The first kappa shape index (κ1) is 16.6. The summed E-state index contributed by atoms with van der Waals surface area (Å²) in [6.45, 7) is 2.27. The number of hydrogen-bond acceptors (Lipinski definition) is 4. The lowest BCUT2D eigenvalue weighted by atomic mass is 10.1. The van der Waals surface area contributed by atoms with Gasteiger partial charge in [0.1, 0.15) is 5.75 Å². The summed E-state index contributed by atoms with van der Waals surface area (Å²) in [5, 5.41) is 12.2. The Morgan fingerprint density at radius 1 is 1.22 bits per heavy atom. The van der Waals surface area contributed by atoms with E-state index >= 15 is 0 Å². The maximum Gasteiger partial charge on any atom is 0.161 e. The predicted molar refractivity (Wildman–Crippen MR) is 91.0 cm³/mol. The van der Waals surface area contributed by atoms with Crippen LogP contribution in [0.4, 0.5) is 5.69 Å². The van der Waals surface area contributed by atoms with E-state index in [9.17, 15) is 4.79 Å². The molecule has 4 heteroatoms. The van der Waals surface area contributed by atoms with Crippen LogP contribution >= 0.6 is 0 Å². The number of Topliss-reactive ketones (excluding diaryl/α,β-unsaturated/α-hetero) is 1. The molecule has 2 aromatic rings. The topological polar surface area (TPSA) is 62.1 Å². The molecule has 0 fully saturated rings. The van der Waals surface area contributed by atoms with Gasteiger partial charge < -0.3 is 10.1 Å². The van der Waals surface area contributed by atoms with E-state index in [1.807, 2.05) is 12.1 Å². The largest absolute Gasteiger partial charge is 0.497 e. The highest BCUT2D eigenvalue weighted by atomic mass is 16.5. The number of hydrogen-bond donors (Lipinski definition) is 1. The van der Waals surface area contributed by atoms with Gasteiger partial charge in [-0.05, 0) is 55.7 Å². The minimum atomic E-state index is -0.00727. The van der Waals surface area contributed by atoms with Crippen LogP contribution < -0.4 is 10.1 Å². The van der Waals surface area contributed by atoms with Gasteiger partial charge in [-0.1, -0.05) is 12.1 Å². The summed E-state index contributed by atoms with van der Waals surface area (Å²) in [6.07, 6.45) is 1.87. The third-order valence-electron chi connectivity index (χ3n) is 3.64. The number of benzene rings is 2. The number of methoxy groups -OCH3 is 1.